The van der Waals surface area contributed by atoms with Gasteiger partial charge in [0.1, 0.15) is 5.69 Å². The van der Waals surface area contributed by atoms with Gasteiger partial charge in [0, 0.05) is 26.0 Å². The lowest BCUT2D eigenvalue weighted by Gasteiger charge is -2.05. The lowest BCUT2D eigenvalue weighted by Crippen LogP contribution is -2.10. The van der Waals surface area contributed by atoms with Gasteiger partial charge in [-0.1, -0.05) is 0 Å². The SMILES string of the molecule is Cc1nn(C)c(NCCSCCCO)c1[N+](=O)[O-]. The van der Waals surface area contributed by atoms with Gasteiger partial charge in [-0.3, -0.25) is 10.1 Å². The quantitative estimate of drug-likeness (QED) is 0.420. The fourth-order valence-corrected chi connectivity index (χ4v) is 2.36. The molecule has 8 heteroatoms. The maximum atomic E-state index is 10.9. The van der Waals surface area contributed by atoms with E-state index in [9.17, 15) is 10.1 Å². The van der Waals surface area contributed by atoms with Gasteiger partial charge in [0.2, 0.25) is 5.82 Å². The molecule has 0 radical (unpaired) electrons. The van der Waals surface area contributed by atoms with E-state index in [1.165, 1.54) is 4.68 Å². The minimum atomic E-state index is -0.413. The highest BCUT2D eigenvalue weighted by molar-refractivity contribution is 7.99. The van der Waals surface area contributed by atoms with Crippen LogP contribution in [0.15, 0.2) is 0 Å². The molecule has 0 unspecified atom stereocenters. The number of nitrogens with zero attached hydrogens (tertiary/aromatic N) is 3. The third-order valence-corrected chi connectivity index (χ3v) is 3.43. The number of anilines is 1. The first-order valence-electron chi connectivity index (χ1n) is 5.68. The van der Waals surface area contributed by atoms with E-state index in [2.05, 4.69) is 10.4 Å². The summed E-state index contributed by atoms with van der Waals surface area (Å²) in [4.78, 5) is 10.5. The highest BCUT2D eigenvalue weighted by Crippen LogP contribution is 2.26. The number of nitro groups is 1. The van der Waals surface area contributed by atoms with Gasteiger partial charge in [0.05, 0.1) is 4.92 Å². The van der Waals surface area contributed by atoms with Crippen LogP contribution in [0.3, 0.4) is 0 Å². The Morgan fingerprint density at radius 2 is 2.28 bits per heavy atom. The Morgan fingerprint density at radius 3 is 2.89 bits per heavy atom. The molecule has 1 rings (SSSR count). The van der Waals surface area contributed by atoms with Gasteiger partial charge in [0.25, 0.3) is 0 Å². The molecule has 1 aromatic heterocycles. The number of aliphatic hydroxyl groups excluding tert-OH is 1. The molecule has 102 valence electrons. The molecule has 1 heterocycles. The smallest absolute Gasteiger partial charge is 0.333 e. The van der Waals surface area contributed by atoms with Crippen LogP contribution >= 0.6 is 11.8 Å². The highest BCUT2D eigenvalue weighted by atomic mass is 32.2. The number of nitrogens with one attached hydrogen (secondary N) is 1. The number of rotatable bonds is 8. The monoisotopic (exact) mass is 274 g/mol. The molecule has 0 saturated heterocycles. The van der Waals surface area contributed by atoms with E-state index in [1.54, 1.807) is 25.7 Å². The molecule has 0 saturated carbocycles. The van der Waals surface area contributed by atoms with Crippen LogP contribution in [-0.4, -0.2) is 44.5 Å². The van der Waals surface area contributed by atoms with Crippen LogP contribution in [0.5, 0.6) is 0 Å². The second-order valence-electron chi connectivity index (χ2n) is 3.78. The maximum Gasteiger partial charge on any atom is 0.333 e. The van der Waals surface area contributed by atoms with Crippen LogP contribution in [0, 0.1) is 17.0 Å². The summed E-state index contributed by atoms with van der Waals surface area (Å²) in [6, 6.07) is 0. The molecule has 7 nitrogen and oxygen atoms in total. The lowest BCUT2D eigenvalue weighted by molar-refractivity contribution is -0.384. The van der Waals surface area contributed by atoms with Crippen molar-refractivity contribution in [2.75, 3.05) is 30.0 Å². The Bertz CT molecular complexity index is 408. The van der Waals surface area contributed by atoms with E-state index in [-0.39, 0.29) is 12.3 Å². The topological polar surface area (TPSA) is 93.2 Å². The molecule has 1 aromatic rings. The fraction of sp³-hybridized carbons (Fsp3) is 0.700. The highest BCUT2D eigenvalue weighted by Gasteiger charge is 2.23. The predicted molar refractivity (Wildman–Crippen MR) is 72.1 cm³/mol. The summed E-state index contributed by atoms with van der Waals surface area (Å²) < 4.78 is 1.49. The Balaban J connectivity index is 2.49. The van der Waals surface area contributed by atoms with E-state index >= 15 is 0 Å². The Labute approximate surface area is 110 Å². The number of aryl methyl sites for hydroxylation is 2. The first-order valence-corrected chi connectivity index (χ1v) is 6.84. The van der Waals surface area contributed by atoms with Crippen LogP contribution in [0.2, 0.25) is 0 Å². The molecule has 0 bridgehead atoms. The summed E-state index contributed by atoms with van der Waals surface area (Å²) >= 11 is 1.70. The average molecular weight is 274 g/mol. The predicted octanol–water partition coefficient (Wildman–Crippen LogP) is 1.16. The standard InChI is InChI=1S/C10H18N4O3S/c1-8-9(14(16)17)10(13(2)12-8)11-4-7-18-6-3-5-15/h11,15H,3-7H2,1-2H3. The molecular weight excluding hydrogens is 256 g/mol. The summed E-state index contributed by atoms with van der Waals surface area (Å²) in [7, 11) is 1.68. The number of aromatic nitrogens is 2. The van der Waals surface area contributed by atoms with Gasteiger partial charge in [-0.15, -0.1) is 0 Å². The van der Waals surface area contributed by atoms with Crippen molar-refractivity contribution in [3.8, 4) is 0 Å². The third kappa shape index (κ3) is 3.88. The number of hydrogen-bond donors (Lipinski definition) is 2. The van der Waals surface area contributed by atoms with Crippen molar-refractivity contribution in [3.05, 3.63) is 15.8 Å². The summed E-state index contributed by atoms with van der Waals surface area (Å²) in [5, 5.41) is 26.6. The zero-order chi connectivity index (χ0) is 13.5. The molecular formula is C10H18N4O3S. The Morgan fingerprint density at radius 1 is 1.56 bits per heavy atom. The summed E-state index contributed by atoms with van der Waals surface area (Å²) in [6.45, 7) is 2.46. The minimum Gasteiger partial charge on any atom is -0.396 e. The van der Waals surface area contributed by atoms with Crippen molar-refractivity contribution in [2.45, 2.75) is 13.3 Å². The second kappa shape index (κ2) is 7.22. The van der Waals surface area contributed by atoms with Crippen molar-refractivity contribution >= 4 is 23.3 Å². The molecule has 0 fully saturated rings. The van der Waals surface area contributed by atoms with Crippen molar-refractivity contribution in [3.63, 3.8) is 0 Å². The van der Waals surface area contributed by atoms with Crippen LogP contribution in [0.1, 0.15) is 12.1 Å². The van der Waals surface area contributed by atoms with Gasteiger partial charge in [-0.25, -0.2) is 4.68 Å². The number of aliphatic hydroxyl groups is 1. The summed E-state index contributed by atoms with van der Waals surface area (Å²) in [5.41, 5.74) is 0.454. The van der Waals surface area contributed by atoms with Crippen LogP contribution in [-0.2, 0) is 7.05 Å². The molecule has 0 aliphatic heterocycles. The molecule has 0 spiro atoms. The van der Waals surface area contributed by atoms with Gasteiger partial charge in [-0.2, -0.15) is 16.9 Å². The van der Waals surface area contributed by atoms with Crippen LogP contribution < -0.4 is 5.32 Å². The van der Waals surface area contributed by atoms with E-state index in [0.717, 1.165) is 17.9 Å². The average Bonchev–Trinajstić information content (AvgIpc) is 2.58. The summed E-state index contributed by atoms with van der Waals surface area (Å²) in [5.74, 6) is 2.17. The van der Waals surface area contributed by atoms with Gasteiger partial charge in [-0.05, 0) is 19.1 Å². The van der Waals surface area contributed by atoms with Crippen molar-refractivity contribution < 1.29 is 10.0 Å². The number of thioether (sulfide) groups is 1. The van der Waals surface area contributed by atoms with E-state index in [0.29, 0.717) is 18.1 Å². The van der Waals surface area contributed by atoms with Crippen molar-refractivity contribution in [1.82, 2.24) is 9.78 Å². The Hall–Kier alpha value is -1.28. The van der Waals surface area contributed by atoms with Crippen molar-refractivity contribution in [1.29, 1.82) is 0 Å². The molecule has 0 aliphatic rings. The van der Waals surface area contributed by atoms with E-state index in [4.69, 9.17) is 5.11 Å². The first-order chi connectivity index (χ1) is 8.57. The number of hydrogen-bond acceptors (Lipinski definition) is 6. The van der Waals surface area contributed by atoms with Crippen LogP contribution in [0.4, 0.5) is 11.5 Å². The normalized spacial score (nSPS) is 10.6. The fourth-order valence-electron chi connectivity index (χ4n) is 1.57. The largest absolute Gasteiger partial charge is 0.396 e. The molecule has 0 aromatic carbocycles. The maximum absolute atomic E-state index is 10.9. The van der Waals surface area contributed by atoms with Gasteiger partial charge in [0.15, 0.2) is 0 Å². The Kier molecular flexibility index (Phi) is 5.93. The van der Waals surface area contributed by atoms with Crippen molar-refractivity contribution in [2.24, 2.45) is 7.05 Å². The zero-order valence-electron chi connectivity index (χ0n) is 10.5. The molecule has 18 heavy (non-hydrogen) atoms. The van der Waals surface area contributed by atoms with E-state index < -0.39 is 4.92 Å². The summed E-state index contributed by atoms with van der Waals surface area (Å²) in [6.07, 6.45) is 0.773. The van der Waals surface area contributed by atoms with E-state index in [1.807, 2.05) is 0 Å². The lowest BCUT2D eigenvalue weighted by atomic mass is 10.4. The molecule has 0 aliphatic carbocycles. The molecule has 0 atom stereocenters. The first kappa shape index (κ1) is 14.8. The van der Waals surface area contributed by atoms with Gasteiger partial charge < -0.3 is 10.4 Å². The van der Waals surface area contributed by atoms with Crippen LogP contribution in [0.25, 0.3) is 0 Å². The third-order valence-electron chi connectivity index (χ3n) is 2.36. The molecule has 2 N–H and O–H groups in total. The second-order valence-corrected chi connectivity index (χ2v) is 5.00. The minimum absolute atomic E-state index is 0.0397. The molecule has 0 amide bonds. The zero-order valence-corrected chi connectivity index (χ0v) is 11.4. The van der Waals surface area contributed by atoms with Gasteiger partial charge >= 0.3 is 5.69 Å².